The highest BCUT2D eigenvalue weighted by Crippen LogP contribution is 2.03. The predicted molar refractivity (Wildman–Crippen MR) is 92.9 cm³/mol. The normalized spacial score (nSPS) is 11.4. The number of amides is 2. The number of aliphatic carboxylic acids is 1. The molecule has 0 fully saturated rings. The molecule has 0 spiro atoms. The minimum Gasteiger partial charge on any atom is -0.480 e. The number of carbonyl (C=O) groups is 3. The van der Waals surface area contributed by atoms with Crippen LogP contribution < -0.4 is 10.6 Å². The molecule has 0 radical (unpaired) electrons. The molecule has 2 aromatic carbocycles. The Hall–Kier alpha value is -3.15. The van der Waals surface area contributed by atoms with Gasteiger partial charge in [-0.2, -0.15) is 0 Å². The van der Waals surface area contributed by atoms with Gasteiger partial charge in [0, 0.05) is 6.42 Å². The highest BCUT2D eigenvalue weighted by molar-refractivity contribution is 5.88. The molecule has 2 aromatic rings. The SMILES string of the molecule is O=C(Cc1ccccc1)NCC(=O)N[C@@H](Cc1ccccc1)C(=O)O. The largest absolute Gasteiger partial charge is 0.480 e. The molecule has 0 saturated carbocycles. The summed E-state index contributed by atoms with van der Waals surface area (Å²) in [7, 11) is 0. The van der Waals surface area contributed by atoms with E-state index in [1.165, 1.54) is 0 Å². The molecule has 0 aliphatic heterocycles. The van der Waals surface area contributed by atoms with Gasteiger partial charge in [0.25, 0.3) is 0 Å². The van der Waals surface area contributed by atoms with Crippen molar-refractivity contribution in [2.24, 2.45) is 0 Å². The molecule has 0 aliphatic rings. The maximum absolute atomic E-state index is 11.9. The van der Waals surface area contributed by atoms with Crippen LogP contribution in [0.1, 0.15) is 11.1 Å². The smallest absolute Gasteiger partial charge is 0.326 e. The highest BCUT2D eigenvalue weighted by Gasteiger charge is 2.20. The van der Waals surface area contributed by atoms with Crippen molar-refractivity contribution >= 4 is 17.8 Å². The Kier molecular flexibility index (Phi) is 6.71. The van der Waals surface area contributed by atoms with Crippen molar-refractivity contribution in [3.8, 4) is 0 Å². The van der Waals surface area contributed by atoms with E-state index in [1.54, 1.807) is 24.3 Å². The van der Waals surface area contributed by atoms with Crippen molar-refractivity contribution < 1.29 is 19.5 Å². The molecule has 0 bridgehead atoms. The van der Waals surface area contributed by atoms with Gasteiger partial charge in [-0.25, -0.2) is 4.79 Å². The van der Waals surface area contributed by atoms with Crippen LogP contribution in [0.5, 0.6) is 0 Å². The third kappa shape index (κ3) is 6.47. The van der Waals surface area contributed by atoms with E-state index in [9.17, 15) is 19.5 Å². The Morgan fingerprint density at radius 2 is 1.40 bits per heavy atom. The van der Waals surface area contributed by atoms with E-state index in [2.05, 4.69) is 10.6 Å². The number of rotatable bonds is 8. The van der Waals surface area contributed by atoms with Crippen molar-refractivity contribution in [1.82, 2.24) is 10.6 Å². The first-order valence-electron chi connectivity index (χ1n) is 7.91. The van der Waals surface area contributed by atoms with Crippen LogP contribution in [0.4, 0.5) is 0 Å². The molecule has 0 saturated heterocycles. The van der Waals surface area contributed by atoms with E-state index in [1.807, 2.05) is 36.4 Å². The van der Waals surface area contributed by atoms with Crippen molar-refractivity contribution in [3.05, 3.63) is 71.8 Å². The molecule has 6 heteroatoms. The van der Waals surface area contributed by atoms with E-state index >= 15 is 0 Å². The zero-order valence-corrected chi connectivity index (χ0v) is 13.6. The second-order valence-corrected chi connectivity index (χ2v) is 5.59. The number of hydrogen-bond acceptors (Lipinski definition) is 3. The van der Waals surface area contributed by atoms with E-state index in [4.69, 9.17) is 0 Å². The first kappa shape index (κ1) is 18.2. The zero-order chi connectivity index (χ0) is 18.1. The summed E-state index contributed by atoms with van der Waals surface area (Å²) in [5.74, 6) is -1.95. The second kappa shape index (κ2) is 9.22. The molecule has 0 unspecified atom stereocenters. The molecule has 25 heavy (non-hydrogen) atoms. The average Bonchev–Trinajstić information content (AvgIpc) is 2.61. The Bertz CT molecular complexity index is 717. The van der Waals surface area contributed by atoms with Crippen molar-refractivity contribution in [2.75, 3.05) is 6.54 Å². The van der Waals surface area contributed by atoms with E-state index in [-0.39, 0.29) is 25.3 Å². The van der Waals surface area contributed by atoms with Gasteiger partial charge < -0.3 is 15.7 Å². The quantitative estimate of drug-likeness (QED) is 0.672. The molecular weight excluding hydrogens is 320 g/mol. The summed E-state index contributed by atoms with van der Waals surface area (Å²) >= 11 is 0. The van der Waals surface area contributed by atoms with Gasteiger partial charge >= 0.3 is 5.97 Å². The number of carboxylic acid groups (broad SMARTS) is 1. The topological polar surface area (TPSA) is 95.5 Å². The Morgan fingerprint density at radius 1 is 0.840 bits per heavy atom. The minimum atomic E-state index is -1.12. The molecule has 130 valence electrons. The third-order valence-electron chi connectivity index (χ3n) is 3.57. The lowest BCUT2D eigenvalue weighted by atomic mass is 10.1. The van der Waals surface area contributed by atoms with Gasteiger partial charge in [0.05, 0.1) is 13.0 Å². The standard InChI is InChI=1S/C19H20N2O4/c22-17(12-15-9-5-2-6-10-15)20-13-18(23)21-16(19(24)25)11-14-7-3-1-4-8-14/h1-10,16H,11-13H2,(H,20,22)(H,21,23)(H,24,25)/t16-/m0/s1. The van der Waals surface area contributed by atoms with Crippen LogP contribution in [0.2, 0.25) is 0 Å². The van der Waals surface area contributed by atoms with Crippen LogP contribution in [0.25, 0.3) is 0 Å². The molecule has 0 aliphatic carbocycles. The summed E-state index contributed by atoms with van der Waals surface area (Å²) in [6.45, 7) is -0.260. The van der Waals surface area contributed by atoms with Gasteiger partial charge in [0.15, 0.2) is 0 Å². The van der Waals surface area contributed by atoms with Gasteiger partial charge in [-0.1, -0.05) is 60.7 Å². The molecule has 2 rings (SSSR count). The molecule has 1 atom stereocenters. The summed E-state index contributed by atoms with van der Waals surface area (Å²) in [6, 6.07) is 17.1. The molecular formula is C19H20N2O4. The minimum absolute atomic E-state index is 0.167. The lowest BCUT2D eigenvalue weighted by molar-refractivity contribution is -0.141. The maximum atomic E-state index is 11.9. The Morgan fingerprint density at radius 3 is 1.96 bits per heavy atom. The summed E-state index contributed by atoms with van der Waals surface area (Å²) in [5, 5.41) is 14.2. The fraction of sp³-hybridized carbons (Fsp3) is 0.211. The Labute approximate surface area is 145 Å². The van der Waals surface area contributed by atoms with Gasteiger partial charge in [-0.05, 0) is 11.1 Å². The first-order chi connectivity index (χ1) is 12.0. The fourth-order valence-electron chi connectivity index (χ4n) is 2.32. The van der Waals surface area contributed by atoms with Gasteiger partial charge in [0.2, 0.25) is 11.8 Å². The van der Waals surface area contributed by atoms with Crippen molar-refractivity contribution in [1.29, 1.82) is 0 Å². The number of nitrogens with one attached hydrogen (secondary N) is 2. The molecule has 0 aromatic heterocycles. The average molecular weight is 340 g/mol. The van der Waals surface area contributed by atoms with E-state index in [0.29, 0.717) is 0 Å². The van der Waals surface area contributed by atoms with Crippen molar-refractivity contribution in [2.45, 2.75) is 18.9 Å². The summed E-state index contributed by atoms with van der Waals surface area (Å²) in [6.07, 6.45) is 0.348. The van der Waals surface area contributed by atoms with Crippen LogP contribution in [0.15, 0.2) is 60.7 Å². The Balaban J connectivity index is 1.80. The van der Waals surface area contributed by atoms with Crippen LogP contribution in [0, 0.1) is 0 Å². The first-order valence-corrected chi connectivity index (χ1v) is 7.91. The number of carboxylic acids is 1. The lowest BCUT2D eigenvalue weighted by Crippen LogP contribution is -2.46. The number of benzene rings is 2. The third-order valence-corrected chi connectivity index (χ3v) is 3.57. The molecule has 6 nitrogen and oxygen atoms in total. The monoisotopic (exact) mass is 340 g/mol. The van der Waals surface area contributed by atoms with Crippen LogP contribution in [-0.2, 0) is 27.2 Å². The number of carbonyl (C=O) groups excluding carboxylic acids is 2. The highest BCUT2D eigenvalue weighted by atomic mass is 16.4. The summed E-state index contributed by atoms with van der Waals surface area (Å²) in [5.41, 5.74) is 1.65. The molecule has 0 heterocycles. The number of hydrogen-bond donors (Lipinski definition) is 3. The van der Waals surface area contributed by atoms with Gasteiger partial charge in [0.1, 0.15) is 6.04 Å². The van der Waals surface area contributed by atoms with E-state index < -0.39 is 17.9 Å². The van der Waals surface area contributed by atoms with Crippen molar-refractivity contribution in [3.63, 3.8) is 0 Å². The lowest BCUT2D eigenvalue weighted by Gasteiger charge is -2.15. The summed E-state index contributed by atoms with van der Waals surface area (Å²) < 4.78 is 0. The summed E-state index contributed by atoms with van der Waals surface area (Å²) in [4.78, 5) is 35.1. The zero-order valence-electron chi connectivity index (χ0n) is 13.6. The van der Waals surface area contributed by atoms with Gasteiger partial charge in [-0.15, -0.1) is 0 Å². The van der Waals surface area contributed by atoms with Crippen LogP contribution in [-0.4, -0.2) is 35.5 Å². The van der Waals surface area contributed by atoms with E-state index in [0.717, 1.165) is 11.1 Å². The molecule has 3 N–H and O–H groups in total. The van der Waals surface area contributed by atoms with Crippen LogP contribution in [0.3, 0.4) is 0 Å². The molecule has 2 amide bonds. The van der Waals surface area contributed by atoms with Gasteiger partial charge in [-0.3, -0.25) is 9.59 Å². The fourth-order valence-corrected chi connectivity index (χ4v) is 2.32. The predicted octanol–water partition coefficient (Wildman–Crippen LogP) is 1.16. The van der Waals surface area contributed by atoms with Crippen LogP contribution >= 0.6 is 0 Å². The maximum Gasteiger partial charge on any atom is 0.326 e. The second-order valence-electron chi connectivity index (χ2n) is 5.59.